The molecule has 2 N–H and O–H groups in total. The van der Waals surface area contributed by atoms with Crippen LogP contribution in [0.15, 0.2) is 17.9 Å². The molecule has 0 saturated carbocycles. The maximum Gasteiger partial charge on any atom is 0.243 e. The van der Waals surface area contributed by atoms with Crippen molar-refractivity contribution < 1.29 is 4.74 Å². The number of nitrogens with zero attached hydrogens (tertiary/aromatic N) is 3. The highest BCUT2D eigenvalue weighted by Crippen LogP contribution is 2.15. The van der Waals surface area contributed by atoms with E-state index in [1.54, 1.807) is 17.5 Å². The minimum atomic E-state index is 0.187. The molecule has 0 saturated heterocycles. The molecule has 0 spiro atoms. The highest BCUT2D eigenvalue weighted by atomic mass is 32.1. The maximum atomic E-state index is 5.56. The topological polar surface area (TPSA) is 73.9 Å². The highest BCUT2D eigenvalue weighted by Gasteiger charge is 2.09. The second-order valence-corrected chi connectivity index (χ2v) is 4.91. The van der Waals surface area contributed by atoms with Gasteiger partial charge in [0.25, 0.3) is 0 Å². The molecule has 0 amide bonds. The summed E-state index contributed by atoms with van der Waals surface area (Å²) in [4.78, 5) is 13.7. The van der Waals surface area contributed by atoms with E-state index in [4.69, 9.17) is 22.7 Å². The second-order valence-electron chi connectivity index (χ2n) is 3.53. The first-order valence-corrected chi connectivity index (χ1v) is 6.60. The van der Waals surface area contributed by atoms with Crippen molar-refractivity contribution in [3.63, 3.8) is 0 Å². The molecular weight excluding hydrogens is 268 g/mol. The molecule has 0 aliphatic carbocycles. The fourth-order valence-electron chi connectivity index (χ4n) is 1.41. The van der Waals surface area contributed by atoms with Gasteiger partial charge in [0.1, 0.15) is 4.99 Å². The molecule has 2 rings (SSSR count). The van der Waals surface area contributed by atoms with Crippen LogP contribution in [0.2, 0.25) is 0 Å². The average Bonchev–Trinajstić information content (AvgIpc) is 2.76. The summed E-state index contributed by atoms with van der Waals surface area (Å²) in [5.74, 6) is 0.382. The molecule has 94 valence electrons. The van der Waals surface area contributed by atoms with Crippen molar-refractivity contribution in [3.8, 4) is 5.88 Å². The summed E-state index contributed by atoms with van der Waals surface area (Å²) in [6.07, 6.45) is 3.87. The Morgan fingerprint density at radius 3 is 2.83 bits per heavy atom. The Morgan fingerprint density at radius 2 is 2.17 bits per heavy atom. The predicted molar refractivity (Wildman–Crippen MR) is 74.0 cm³/mol. The number of nitrogens with two attached hydrogens (primary N) is 1. The van der Waals surface area contributed by atoms with E-state index in [9.17, 15) is 0 Å². The molecule has 0 atom stereocenters. The van der Waals surface area contributed by atoms with Gasteiger partial charge in [0, 0.05) is 23.7 Å². The van der Waals surface area contributed by atoms with Gasteiger partial charge in [-0.15, -0.1) is 11.3 Å². The summed E-state index contributed by atoms with van der Waals surface area (Å²) >= 11 is 6.51. The molecule has 2 aromatic rings. The minimum Gasteiger partial charge on any atom is -0.476 e. The number of rotatable bonds is 5. The minimum absolute atomic E-state index is 0.187. The predicted octanol–water partition coefficient (Wildman–Crippen LogP) is 1.50. The number of aromatic nitrogens is 3. The number of thiocarbonyl (C=S) groups is 1. The van der Waals surface area contributed by atoms with E-state index in [0.717, 1.165) is 12.1 Å². The van der Waals surface area contributed by atoms with Crippen LogP contribution in [-0.2, 0) is 6.42 Å². The van der Waals surface area contributed by atoms with Crippen LogP contribution in [0.4, 0.5) is 0 Å². The lowest BCUT2D eigenvalue weighted by Crippen LogP contribution is -2.15. The summed E-state index contributed by atoms with van der Waals surface area (Å²) in [5.41, 5.74) is 8.84. The first kappa shape index (κ1) is 12.8. The molecule has 0 bridgehead atoms. The summed E-state index contributed by atoms with van der Waals surface area (Å²) in [6.45, 7) is 2.48. The van der Waals surface area contributed by atoms with Crippen LogP contribution in [0.25, 0.3) is 0 Å². The SMILES string of the molecule is Cc1ncsc1CCOc1nccnc1C(N)=S. The second kappa shape index (κ2) is 5.83. The van der Waals surface area contributed by atoms with Crippen molar-refractivity contribution in [2.45, 2.75) is 13.3 Å². The van der Waals surface area contributed by atoms with Crippen molar-refractivity contribution in [3.05, 3.63) is 34.2 Å². The molecule has 0 radical (unpaired) electrons. The molecule has 2 heterocycles. The van der Waals surface area contributed by atoms with Crippen molar-refractivity contribution in [2.24, 2.45) is 5.73 Å². The Kier molecular flexibility index (Phi) is 4.16. The highest BCUT2D eigenvalue weighted by molar-refractivity contribution is 7.80. The fraction of sp³-hybridized carbons (Fsp3) is 0.273. The van der Waals surface area contributed by atoms with Gasteiger partial charge in [0.05, 0.1) is 17.8 Å². The van der Waals surface area contributed by atoms with Crippen LogP contribution in [-0.4, -0.2) is 26.5 Å². The number of thiazole rings is 1. The Balaban J connectivity index is 1.99. The zero-order chi connectivity index (χ0) is 13.0. The lowest BCUT2D eigenvalue weighted by molar-refractivity contribution is 0.308. The van der Waals surface area contributed by atoms with Crippen LogP contribution in [0.1, 0.15) is 16.3 Å². The monoisotopic (exact) mass is 280 g/mol. The van der Waals surface area contributed by atoms with E-state index in [-0.39, 0.29) is 4.99 Å². The van der Waals surface area contributed by atoms with Crippen LogP contribution in [0.3, 0.4) is 0 Å². The molecule has 0 unspecified atom stereocenters. The van der Waals surface area contributed by atoms with Gasteiger partial charge in [0.2, 0.25) is 5.88 Å². The number of ether oxygens (including phenoxy) is 1. The third-order valence-corrected chi connectivity index (χ3v) is 3.50. The quantitative estimate of drug-likeness (QED) is 0.837. The van der Waals surface area contributed by atoms with E-state index >= 15 is 0 Å². The smallest absolute Gasteiger partial charge is 0.243 e. The van der Waals surface area contributed by atoms with Crippen LogP contribution < -0.4 is 10.5 Å². The van der Waals surface area contributed by atoms with Crippen LogP contribution >= 0.6 is 23.6 Å². The average molecular weight is 280 g/mol. The summed E-state index contributed by atoms with van der Waals surface area (Å²) in [6, 6.07) is 0. The van der Waals surface area contributed by atoms with E-state index in [1.165, 1.54) is 11.1 Å². The van der Waals surface area contributed by atoms with Gasteiger partial charge in [-0.25, -0.2) is 15.0 Å². The largest absolute Gasteiger partial charge is 0.476 e. The summed E-state index contributed by atoms with van der Waals surface area (Å²) < 4.78 is 5.56. The van der Waals surface area contributed by atoms with Gasteiger partial charge in [-0.3, -0.25) is 0 Å². The number of hydrogen-bond donors (Lipinski definition) is 1. The lowest BCUT2D eigenvalue weighted by Gasteiger charge is -2.07. The molecule has 0 aromatic carbocycles. The van der Waals surface area contributed by atoms with Gasteiger partial charge in [0.15, 0.2) is 5.69 Å². The molecule has 2 aromatic heterocycles. The third-order valence-electron chi connectivity index (χ3n) is 2.31. The van der Waals surface area contributed by atoms with E-state index < -0.39 is 0 Å². The molecule has 7 heteroatoms. The Bertz CT molecular complexity index is 555. The van der Waals surface area contributed by atoms with E-state index in [2.05, 4.69) is 15.0 Å². The van der Waals surface area contributed by atoms with E-state index in [0.29, 0.717) is 18.2 Å². The summed E-state index contributed by atoms with van der Waals surface area (Å²) in [5, 5.41) is 0. The molecule has 18 heavy (non-hydrogen) atoms. The van der Waals surface area contributed by atoms with Crippen molar-refractivity contribution in [1.29, 1.82) is 0 Å². The Labute approximate surface area is 114 Å². The summed E-state index contributed by atoms with van der Waals surface area (Å²) in [7, 11) is 0. The molecular formula is C11H12N4OS2. The molecule has 0 fully saturated rings. The normalized spacial score (nSPS) is 10.3. The van der Waals surface area contributed by atoms with Gasteiger partial charge in [-0.1, -0.05) is 12.2 Å². The van der Waals surface area contributed by atoms with Crippen molar-refractivity contribution in [2.75, 3.05) is 6.61 Å². The van der Waals surface area contributed by atoms with Crippen LogP contribution in [0, 0.1) is 6.92 Å². The standard InChI is InChI=1S/C11H12N4OS2/c1-7-8(18-6-15-7)2-5-16-11-9(10(12)17)13-3-4-14-11/h3-4,6H,2,5H2,1H3,(H2,12,17). The molecule has 0 aliphatic heterocycles. The molecule has 5 nitrogen and oxygen atoms in total. The van der Waals surface area contributed by atoms with Crippen LogP contribution in [0.5, 0.6) is 5.88 Å². The first-order valence-electron chi connectivity index (χ1n) is 5.31. The van der Waals surface area contributed by atoms with Gasteiger partial charge in [-0.2, -0.15) is 0 Å². The third kappa shape index (κ3) is 2.99. The van der Waals surface area contributed by atoms with E-state index in [1.807, 2.05) is 12.4 Å². The fourth-order valence-corrected chi connectivity index (χ4v) is 2.31. The lowest BCUT2D eigenvalue weighted by atomic mass is 10.3. The number of hydrogen-bond acceptors (Lipinski definition) is 6. The maximum absolute atomic E-state index is 5.56. The number of aryl methyl sites for hydroxylation is 1. The zero-order valence-electron chi connectivity index (χ0n) is 9.79. The zero-order valence-corrected chi connectivity index (χ0v) is 11.4. The van der Waals surface area contributed by atoms with Gasteiger partial charge >= 0.3 is 0 Å². The van der Waals surface area contributed by atoms with Crippen molar-refractivity contribution >= 4 is 28.5 Å². The van der Waals surface area contributed by atoms with Gasteiger partial charge in [-0.05, 0) is 6.92 Å². The first-order chi connectivity index (χ1) is 8.68. The Morgan fingerprint density at radius 1 is 1.39 bits per heavy atom. The van der Waals surface area contributed by atoms with Crippen molar-refractivity contribution in [1.82, 2.24) is 15.0 Å². The Hall–Kier alpha value is -1.60. The molecule has 0 aliphatic rings. The van der Waals surface area contributed by atoms with Gasteiger partial charge < -0.3 is 10.5 Å².